The minimum Gasteiger partial charge on any atom is -0.478 e. The predicted octanol–water partition coefficient (Wildman–Crippen LogP) is -0.875. The Kier molecular flexibility index (Phi) is 4.40. The van der Waals surface area contributed by atoms with Crippen molar-refractivity contribution in [2.75, 3.05) is 0 Å². The minimum atomic E-state index is -2.48. The number of benzene rings is 1. The largest absolute Gasteiger partial charge is 0.478 e. The molecular weight excluding hydrogens is 276 g/mol. The lowest BCUT2D eigenvalue weighted by atomic mass is 9.91. The summed E-state index contributed by atoms with van der Waals surface area (Å²) in [4.78, 5) is 33.0. The first-order valence-electron chi connectivity index (χ1n) is 5.09. The van der Waals surface area contributed by atoms with Gasteiger partial charge in [-0.05, 0) is 12.1 Å². The van der Waals surface area contributed by atoms with E-state index < -0.39 is 52.6 Å². The molecular formula is C11H10O9. The van der Waals surface area contributed by atoms with Crippen LogP contribution >= 0.6 is 0 Å². The Hall–Kier alpha value is -2.49. The fraction of sp³-hybridized carbons (Fsp3) is 0.182. The number of hydrogen-bond donors (Lipinski definition) is 6. The summed E-state index contributed by atoms with van der Waals surface area (Å²) in [6.07, 6.45) is -4.76. The zero-order valence-electron chi connectivity index (χ0n) is 9.72. The second-order valence-electron chi connectivity index (χ2n) is 3.72. The quantitative estimate of drug-likeness (QED) is 0.376. The number of aliphatic hydroxyl groups excluding tert-OH is 2. The van der Waals surface area contributed by atoms with E-state index in [0.717, 1.165) is 12.1 Å². The van der Waals surface area contributed by atoms with Crippen LogP contribution in [0.5, 0.6) is 0 Å². The SMILES string of the molecule is O=C(O)c1ccc(C(=O)O)c(C(O)C(O)O)c1C(=O)O. The molecule has 1 aromatic rings. The summed E-state index contributed by atoms with van der Waals surface area (Å²) in [7, 11) is 0. The van der Waals surface area contributed by atoms with Gasteiger partial charge in [-0.1, -0.05) is 0 Å². The summed E-state index contributed by atoms with van der Waals surface area (Å²) in [6, 6.07) is 1.51. The van der Waals surface area contributed by atoms with E-state index in [2.05, 4.69) is 0 Å². The number of rotatable bonds is 5. The maximum Gasteiger partial charge on any atom is 0.336 e. The molecule has 0 saturated heterocycles. The Balaban J connectivity index is 3.79. The highest BCUT2D eigenvalue weighted by Gasteiger charge is 2.31. The van der Waals surface area contributed by atoms with Gasteiger partial charge in [0.25, 0.3) is 0 Å². The highest BCUT2D eigenvalue weighted by atomic mass is 16.5. The zero-order valence-corrected chi connectivity index (χ0v) is 9.72. The van der Waals surface area contributed by atoms with Crippen LogP contribution in [-0.4, -0.2) is 54.8 Å². The standard InChI is InChI=1S/C11H10O9/c12-7(11(19)20)5-3(8(13)14)1-2-4(9(15)16)6(5)10(17)18/h1-2,7,11-12,19-20H,(H,13,14)(H,15,16)(H,17,18). The van der Waals surface area contributed by atoms with Crippen LogP contribution in [0, 0.1) is 0 Å². The van der Waals surface area contributed by atoms with E-state index in [1.54, 1.807) is 0 Å². The molecule has 0 radical (unpaired) electrons. The van der Waals surface area contributed by atoms with Crippen LogP contribution in [0.1, 0.15) is 42.7 Å². The van der Waals surface area contributed by atoms with E-state index in [-0.39, 0.29) is 0 Å². The molecule has 0 bridgehead atoms. The summed E-state index contributed by atoms with van der Waals surface area (Å²) in [5.41, 5.74) is -3.43. The lowest BCUT2D eigenvalue weighted by Gasteiger charge is -2.19. The Morgan fingerprint density at radius 3 is 1.60 bits per heavy atom. The fourth-order valence-electron chi connectivity index (χ4n) is 1.67. The van der Waals surface area contributed by atoms with Crippen molar-refractivity contribution < 1.29 is 45.0 Å². The Labute approximate surface area is 111 Å². The monoisotopic (exact) mass is 286 g/mol. The van der Waals surface area contributed by atoms with Gasteiger partial charge in [-0.25, -0.2) is 14.4 Å². The molecule has 1 aromatic carbocycles. The summed E-state index contributed by atoms with van der Waals surface area (Å²) in [5.74, 6) is -5.14. The highest BCUT2D eigenvalue weighted by Crippen LogP contribution is 2.28. The van der Waals surface area contributed by atoms with Crippen LogP contribution in [0.2, 0.25) is 0 Å². The molecule has 0 aliphatic rings. The minimum absolute atomic E-state index is 0.743. The Bertz CT molecular complexity index is 576. The predicted molar refractivity (Wildman–Crippen MR) is 60.5 cm³/mol. The number of hydrogen-bond acceptors (Lipinski definition) is 6. The van der Waals surface area contributed by atoms with E-state index in [9.17, 15) is 19.5 Å². The molecule has 0 amide bonds. The Morgan fingerprint density at radius 2 is 1.25 bits per heavy atom. The maximum atomic E-state index is 11.1. The summed E-state index contributed by atoms with van der Waals surface area (Å²) in [5, 5.41) is 54.1. The average Bonchev–Trinajstić information content (AvgIpc) is 2.35. The number of carboxylic acids is 3. The van der Waals surface area contributed by atoms with Gasteiger partial charge in [-0.3, -0.25) is 0 Å². The number of aliphatic hydroxyl groups is 3. The lowest BCUT2D eigenvalue weighted by molar-refractivity contribution is -0.124. The van der Waals surface area contributed by atoms with Crippen LogP contribution in [0.15, 0.2) is 12.1 Å². The third-order valence-electron chi connectivity index (χ3n) is 2.50. The van der Waals surface area contributed by atoms with Crippen molar-refractivity contribution in [2.45, 2.75) is 12.4 Å². The molecule has 1 unspecified atom stereocenters. The lowest BCUT2D eigenvalue weighted by Crippen LogP contribution is -2.24. The zero-order chi connectivity index (χ0) is 15.6. The van der Waals surface area contributed by atoms with Gasteiger partial charge in [0.1, 0.15) is 6.10 Å². The second kappa shape index (κ2) is 5.65. The third-order valence-corrected chi connectivity index (χ3v) is 2.50. The number of carboxylic acid groups (broad SMARTS) is 3. The van der Waals surface area contributed by atoms with Gasteiger partial charge in [0.05, 0.1) is 16.7 Å². The first kappa shape index (κ1) is 15.6. The molecule has 6 N–H and O–H groups in total. The van der Waals surface area contributed by atoms with E-state index in [0.29, 0.717) is 0 Å². The maximum absolute atomic E-state index is 11.1. The normalized spacial score (nSPS) is 12.2. The van der Waals surface area contributed by atoms with Crippen LogP contribution in [0.4, 0.5) is 0 Å². The highest BCUT2D eigenvalue weighted by molar-refractivity contribution is 6.05. The average molecular weight is 286 g/mol. The van der Waals surface area contributed by atoms with Crippen molar-refractivity contribution >= 4 is 17.9 Å². The topological polar surface area (TPSA) is 173 Å². The van der Waals surface area contributed by atoms with E-state index in [1.165, 1.54) is 0 Å². The smallest absolute Gasteiger partial charge is 0.336 e. The van der Waals surface area contributed by atoms with Crippen molar-refractivity contribution in [3.8, 4) is 0 Å². The van der Waals surface area contributed by atoms with Crippen molar-refractivity contribution in [3.05, 3.63) is 34.4 Å². The van der Waals surface area contributed by atoms with Gasteiger partial charge in [0.2, 0.25) is 0 Å². The van der Waals surface area contributed by atoms with Gasteiger partial charge in [-0.15, -0.1) is 0 Å². The first-order valence-corrected chi connectivity index (χ1v) is 5.09. The van der Waals surface area contributed by atoms with Crippen LogP contribution in [0.3, 0.4) is 0 Å². The molecule has 108 valence electrons. The van der Waals surface area contributed by atoms with Gasteiger partial charge >= 0.3 is 17.9 Å². The molecule has 20 heavy (non-hydrogen) atoms. The molecule has 0 aromatic heterocycles. The van der Waals surface area contributed by atoms with E-state index >= 15 is 0 Å². The van der Waals surface area contributed by atoms with Gasteiger partial charge < -0.3 is 30.6 Å². The van der Waals surface area contributed by atoms with Crippen molar-refractivity contribution in [1.29, 1.82) is 0 Å². The second-order valence-corrected chi connectivity index (χ2v) is 3.72. The Morgan fingerprint density at radius 1 is 0.800 bits per heavy atom. The molecule has 9 nitrogen and oxygen atoms in total. The van der Waals surface area contributed by atoms with Crippen LogP contribution < -0.4 is 0 Å². The van der Waals surface area contributed by atoms with Gasteiger partial charge in [0, 0.05) is 5.56 Å². The number of carbonyl (C=O) groups is 3. The number of aromatic carboxylic acids is 3. The molecule has 9 heteroatoms. The fourth-order valence-corrected chi connectivity index (χ4v) is 1.67. The van der Waals surface area contributed by atoms with Crippen molar-refractivity contribution in [3.63, 3.8) is 0 Å². The van der Waals surface area contributed by atoms with Gasteiger partial charge in [0.15, 0.2) is 6.29 Å². The van der Waals surface area contributed by atoms with Crippen LogP contribution in [-0.2, 0) is 0 Å². The van der Waals surface area contributed by atoms with E-state index in [4.69, 9.17) is 25.5 Å². The molecule has 1 rings (SSSR count). The molecule has 1 atom stereocenters. The molecule has 0 aliphatic heterocycles. The summed E-state index contributed by atoms with van der Waals surface area (Å²) >= 11 is 0. The molecule has 0 saturated carbocycles. The van der Waals surface area contributed by atoms with Crippen LogP contribution in [0.25, 0.3) is 0 Å². The summed E-state index contributed by atoms with van der Waals surface area (Å²) < 4.78 is 0. The van der Waals surface area contributed by atoms with E-state index in [1.807, 2.05) is 0 Å². The first-order chi connectivity index (χ1) is 9.18. The molecule has 0 heterocycles. The van der Waals surface area contributed by atoms with Crippen molar-refractivity contribution in [2.24, 2.45) is 0 Å². The molecule has 0 aliphatic carbocycles. The summed E-state index contributed by atoms with van der Waals surface area (Å²) in [6.45, 7) is 0. The molecule has 0 spiro atoms. The van der Waals surface area contributed by atoms with Crippen molar-refractivity contribution in [1.82, 2.24) is 0 Å². The third kappa shape index (κ3) is 2.74. The van der Waals surface area contributed by atoms with Gasteiger partial charge in [-0.2, -0.15) is 0 Å². The molecule has 0 fully saturated rings.